The fraction of sp³-hybridized carbons (Fsp3) is 0.194. The summed E-state index contributed by atoms with van der Waals surface area (Å²) in [5.41, 5.74) is 3.13. The van der Waals surface area contributed by atoms with Crippen LogP contribution >= 0.6 is 11.8 Å². The maximum absolute atomic E-state index is 13.2. The number of carbonyl (C=O) groups is 2. The number of rotatable bonds is 10. The van der Waals surface area contributed by atoms with Gasteiger partial charge in [-0.15, -0.1) is 10.2 Å². The van der Waals surface area contributed by atoms with Crippen LogP contribution in [0.4, 0.5) is 5.69 Å². The number of nitrogens with one attached hydrogen (secondary N) is 1. The van der Waals surface area contributed by atoms with Gasteiger partial charge in [0.2, 0.25) is 5.91 Å². The molecular weight excluding hydrogens is 568 g/mol. The minimum atomic E-state index is -0.373. The Balaban J connectivity index is 1.46. The number of amides is 1. The zero-order valence-electron chi connectivity index (χ0n) is 24.3. The Kier molecular flexibility index (Phi) is 8.48. The van der Waals surface area contributed by atoms with Gasteiger partial charge in [-0.2, -0.15) is 0 Å². The molecule has 5 rings (SSSR count). The van der Waals surface area contributed by atoms with Crippen LogP contribution in [0.25, 0.3) is 22.8 Å². The van der Waals surface area contributed by atoms with Crippen molar-refractivity contribution in [1.29, 1.82) is 0 Å². The van der Waals surface area contributed by atoms with Gasteiger partial charge < -0.3 is 14.8 Å². The number of hydrogen-bond donors (Lipinski definition) is 1. The van der Waals surface area contributed by atoms with Gasteiger partial charge >= 0.3 is 0 Å². The third kappa shape index (κ3) is 5.95. The first-order valence-electron chi connectivity index (χ1n) is 13.3. The maximum Gasteiger partial charge on any atom is 0.295 e. The molecule has 0 fully saturated rings. The summed E-state index contributed by atoms with van der Waals surface area (Å²) in [6, 6.07) is 21.6. The Bertz CT molecular complexity index is 1840. The van der Waals surface area contributed by atoms with E-state index in [1.54, 1.807) is 67.8 Å². The van der Waals surface area contributed by atoms with Crippen LogP contribution in [0.3, 0.4) is 0 Å². The SMILES string of the molecule is COc1cc(OC)cc(-c2nnc(SCC(=O)Nc3c(C)n(C)n(-c4ccccc4)c3=O)n2-c2ccc(C(C)=O)cc2)c1. The van der Waals surface area contributed by atoms with Crippen molar-refractivity contribution in [3.05, 3.63) is 94.4 Å². The van der Waals surface area contributed by atoms with Crippen molar-refractivity contribution in [2.75, 3.05) is 25.3 Å². The highest BCUT2D eigenvalue weighted by molar-refractivity contribution is 7.99. The van der Waals surface area contributed by atoms with E-state index in [2.05, 4.69) is 15.5 Å². The summed E-state index contributed by atoms with van der Waals surface area (Å²) in [6.07, 6.45) is 0. The van der Waals surface area contributed by atoms with Crippen molar-refractivity contribution in [3.63, 3.8) is 0 Å². The van der Waals surface area contributed by atoms with Crippen molar-refractivity contribution in [1.82, 2.24) is 24.1 Å². The first-order chi connectivity index (χ1) is 20.7. The van der Waals surface area contributed by atoms with Gasteiger partial charge in [0.25, 0.3) is 5.56 Å². The average Bonchev–Trinajstić information content (AvgIpc) is 3.54. The number of para-hydroxylation sites is 1. The van der Waals surface area contributed by atoms with Crippen molar-refractivity contribution >= 4 is 29.1 Å². The molecule has 0 radical (unpaired) electrons. The summed E-state index contributed by atoms with van der Waals surface area (Å²) in [6.45, 7) is 3.28. The van der Waals surface area contributed by atoms with Crippen LogP contribution in [0.1, 0.15) is 23.0 Å². The van der Waals surface area contributed by atoms with Gasteiger partial charge in [-0.05, 0) is 62.4 Å². The van der Waals surface area contributed by atoms with Crippen LogP contribution in [-0.2, 0) is 11.8 Å². The van der Waals surface area contributed by atoms with Crippen LogP contribution in [0.2, 0.25) is 0 Å². The third-order valence-corrected chi connectivity index (χ3v) is 7.85. The predicted molar refractivity (Wildman–Crippen MR) is 165 cm³/mol. The maximum atomic E-state index is 13.2. The second-order valence-electron chi connectivity index (χ2n) is 9.62. The number of ketones is 1. The summed E-state index contributed by atoms with van der Waals surface area (Å²) >= 11 is 1.17. The average molecular weight is 599 g/mol. The summed E-state index contributed by atoms with van der Waals surface area (Å²) in [5.74, 6) is 1.17. The van der Waals surface area contributed by atoms with Gasteiger partial charge in [-0.1, -0.05) is 30.0 Å². The van der Waals surface area contributed by atoms with Crippen LogP contribution in [0.15, 0.2) is 82.7 Å². The second kappa shape index (κ2) is 12.4. The Hall–Kier alpha value is -5.10. The molecule has 1 N–H and O–H groups in total. The highest BCUT2D eigenvalue weighted by atomic mass is 32.2. The van der Waals surface area contributed by atoms with Gasteiger partial charge in [0.05, 0.1) is 31.4 Å². The standard InChI is InChI=1S/C31H30N6O5S/c1-19-28(30(40)37(35(19)3)24-9-7-6-8-10-24)32-27(39)18-43-31-34-33-29(22-15-25(41-4)17-26(16-22)42-5)36(31)23-13-11-21(12-14-23)20(2)38/h6-17H,18H2,1-5H3,(H,32,39). The highest BCUT2D eigenvalue weighted by Crippen LogP contribution is 2.33. The van der Waals surface area contributed by atoms with Crippen LogP contribution in [-0.4, -0.2) is 55.8 Å². The molecule has 0 aliphatic heterocycles. The summed E-state index contributed by atoms with van der Waals surface area (Å²) in [5, 5.41) is 12.0. The van der Waals surface area contributed by atoms with Crippen LogP contribution in [0, 0.1) is 6.92 Å². The van der Waals surface area contributed by atoms with Gasteiger partial charge in [-0.3, -0.25) is 23.6 Å². The lowest BCUT2D eigenvalue weighted by Crippen LogP contribution is -2.23. The van der Waals surface area contributed by atoms with Crippen LogP contribution in [0.5, 0.6) is 11.5 Å². The van der Waals surface area contributed by atoms with Crippen molar-refractivity contribution < 1.29 is 19.1 Å². The second-order valence-corrected chi connectivity index (χ2v) is 10.6. The fourth-order valence-electron chi connectivity index (χ4n) is 4.58. The van der Waals surface area contributed by atoms with E-state index in [1.807, 2.05) is 42.5 Å². The molecule has 1 amide bonds. The summed E-state index contributed by atoms with van der Waals surface area (Å²) < 4.78 is 15.9. The minimum Gasteiger partial charge on any atom is -0.497 e. The van der Waals surface area contributed by atoms with Gasteiger partial charge in [-0.25, -0.2) is 4.68 Å². The molecule has 0 spiro atoms. The molecule has 12 heteroatoms. The molecule has 2 aromatic heterocycles. The number of nitrogens with zero attached hydrogens (tertiary/aromatic N) is 5. The molecule has 2 heterocycles. The number of anilines is 1. The molecule has 0 aliphatic carbocycles. The van der Waals surface area contributed by atoms with E-state index in [9.17, 15) is 14.4 Å². The Morgan fingerprint density at radius 1 is 0.907 bits per heavy atom. The largest absolute Gasteiger partial charge is 0.497 e. The minimum absolute atomic E-state index is 0.0375. The van der Waals surface area contributed by atoms with E-state index in [0.717, 1.165) is 0 Å². The van der Waals surface area contributed by atoms with Gasteiger partial charge in [0.1, 0.15) is 17.2 Å². The Morgan fingerprint density at radius 3 is 2.16 bits per heavy atom. The monoisotopic (exact) mass is 598 g/mol. The number of hydrogen-bond acceptors (Lipinski definition) is 8. The first kappa shape index (κ1) is 29.4. The van der Waals surface area contributed by atoms with Crippen LogP contribution < -0.4 is 20.3 Å². The van der Waals surface area contributed by atoms with Gasteiger partial charge in [0.15, 0.2) is 16.8 Å². The third-order valence-electron chi connectivity index (χ3n) is 6.93. The smallest absolute Gasteiger partial charge is 0.295 e. The zero-order valence-corrected chi connectivity index (χ0v) is 25.1. The Labute approximate surface area is 252 Å². The molecule has 0 unspecified atom stereocenters. The zero-order chi connectivity index (χ0) is 30.7. The van der Waals surface area contributed by atoms with E-state index in [4.69, 9.17) is 9.47 Å². The molecule has 11 nitrogen and oxygen atoms in total. The molecular formula is C31H30N6O5S. The van der Waals surface area contributed by atoms with Crippen molar-refractivity contribution in [3.8, 4) is 34.3 Å². The first-order valence-corrected chi connectivity index (χ1v) is 14.3. The molecule has 0 atom stereocenters. The fourth-order valence-corrected chi connectivity index (χ4v) is 5.33. The lowest BCUT2D eigenvalue weighted by Gasteiger charge is -2.12. The molecule has 3 aromatic carbocycles. The molecule has 0 saturated carbocycles. The summed E-state index contributed by atoms with van der Waals surface area (Å²) in [7, 11) is 4.89. The molecule has 220 valence electrons. The van der Waals surface area contributed by atoms with E-state index in [1.165, 1.54) is 23.4 Å². The topological polar surface area (TPSA) is 122 Å². The van der Waals surface area contributed by atoms with Crippen molar-refractivity contribution in [2.45, 2.75) is 19.0 Å². The molecule has 5 aromatic rings. The number of aromatic nitrogens is 5. The molecule has 0 bridgehead atoms. The van der Waals surface area contributed by atoms with Crippen molar-refractivity contribution in [2.24, 2.45) is 7.05 Å². The predicted octanol–water partition coefficient (Wildman–Crippen LogP) is 4.68. The van der Waals surface area contributed by atoms with E-state index in [-0.39, 0.29) is 28.7 Å². The normalized spacial score (nSPS) is 10.9. The Morgan fingerprint density at radius 2 is 1.56 bits per heavy atom. The number of benzene rings is 3. The van der Waals surface area contributed by atoms with E-state index < -0.39 is 0 Å². The molecule has 43 heavy (non-hydrogen) atoms. The number of carbonyl (C=O) groups excluding carboxylic acids is 2. The molecule has 0 saturated heterocycles. The van der Waals surface area contributed by atoms with E-state index >= 15 is 0 Å². The lowest BCUT2D eigenvalue weighted by molar-refractivity contribution is -0.113. The number of ether oxygens (including phenoxy) is 2. The number of thioether (sulfide) groups is 1. The summed E-state index contributed by atoms with van der Waals surface area (Å²) in [4.78, 5) is 38.3. The van der Waals surface area contributed by atoms with Gasteiger partial charge in [0, 0.05) is 29.9 Å². The number of Topliss-reactive ketones (excluding diaryl/α,β-unsaturated/α-hetero) is 1. The number of methoxy groups -OCH3 is 2. The van der Waals surface area contributed by atoms with E-state index in [0.29, 0.717) is 50.7 Å². The lowest BCUT2D eigenvalue weighted by atomic mass is 10.1. The quantitative estimate of drug-likeness (QED) is 0.182. The highest BCUT2D eigenvalue weighted by Gasteiger charge is 2.21. The molecule has 0 aliphatic rings.